The number of halogens is 2. The Hall–Kier alpha value is 0.566. The second-order valence-corrected chi connectivity index (χ2v) is 4.89. The van der Waals surface area contributed by atoms with Gasteiger partial charge in [0.25, 0.3) is 0 Å². The van der Waals surface area contributed by atoms with Gasteiger partial charge in [-0.3, -0.25) is 0 Å². The lowest BCUT2D eigenvalue weighted by Gasteiger charge is -1.93. The highest BCUT2D eigenvalue weighted by Crippen LogP contribution is 2.00. The molecule has 0 fully saturated rings. The smallest absolute Gasteiger partial charge is 0.309 e. The zero-order valence-electron chi connectivity index (χ0n) is 7.19. The van der Waals surface area contributed by atoms with Gasteiger partial charge in [0, 0.05) is 0 Å². The molecule has 1 radical (unpaired) electrons. The fraction of sp³-hybridized carbons (Fsp3) is 0.333. The van der Waals surface area contributed by atoms with E-state index in [9.17, 15) is 0 Å². The molecule has 12 heavy (non-hydrogen) atoms. The summed E-state index contributed by atoms with van der Waals surface area (Å²) in [5.41, 5.74) is 1.41. The predicted molar refractivity (Wildman–Crippen MR) is 56.7 cm³/mol. The van der Waals surface area contributed by atoms with Crippen LogP contribution in [0.4, 0.5) is 0 Å². The van der Waals surface area contributed by atoms with Crippen LogP contribution in [0.5, 0.6) is 0 Å². The highest BCUT2D eigenvalue weighted by atomic mass is 35.6. The normalized spacial score (nSPS) is 7.92. The van der Waals surface area contributed by atoms with Gasteiger partial charge in [0.15, 0.2) is 0 Å². The molecule has 0 saturated heterocycles. The summed E-state index contributed by atoms with van der Waals surface area (Å²) in [6.07, 6.45) is 2.42. The molecule has 0 aromatic heterocycles. The zero-order chi connectivity index (χ0) is 9.23. The third-order valence-corrected chi connectivity index (χ3v) is 1.33. The first-order chi connectivity index (χ1) is 5.85. The summed E-state index contributed by atoms with van der Waals surface area (Å²) in [6.45, 7) is 2.19. The fourth-order valence-corrected chi connectivity index (χ4v) is 0.877. The lowest BCUT2D eigenvalue weighted by atomic mass is 10.1. The van der Waals surface area contributed by atoms with Crippen LogP contribution in [-0.4, -0.2) is 18.2 Å². The van der Waals surface area contributed by atoms with Crippen molar-refractivity contribution < 1.29 is 0 Å². The Morgan fingerprint density at radius 2 is 1.83 bits per heavy atom. The molecule has 0 aliphatic rings. The maximum Gasteiger partial charge on any atom is 0.618 e. The average Bonchev–Trinajstić information content (AvgIpc) is 2.08. The van der Waals surface area contributed by atoms with Gasteiger partial charge in [-0.1, -0.05) is 37.6 Å². The molecule has 0 nitrogen and oxygen atoms in total. The Balaban J connectivity index is 0.000000354. The number of hydrogen-bond donors (Lipinski definition) is 0. The predicted octanol–water partition coefficient (Wildman–Crippen LogP) is 3.44. The van der Waals surface area contributed by atoms with E-state index in [2.05, 4.69) is 25.1 Å². The minimum atomic E-state index is -0.639. The molecule has 1 aromatic rings. The summed E-state index contributed by atoms with van der Waals surface area (Å²) in [7, 11) is 9.81. The van der Waals surface area contributed by atoms with Crippen molar-refractivity contribution in [2.45, 2.75) is 19.8 Å². The molecule has 0 spiro atoms. The summed E-state index contributed by atoms with van der Waals surface area (Å²) in [5.74, 6) is 0. The minimum absolute atomic E-state index is 0.639. The van der Waals surface area contributed by atoms with E-state index >= 15 is 0 Å². The molecular formula is C9H11Cl2Mg. The van der Waals surface area contributed by atoms with Gasteiger partial charge < -0.3 is 18.1 Å². The Morgan fingerprint density at radius 1 is 1.33 bits per heavy atom. The van der Waals surface area contributed by atoms with E-state index in [4.69, 9.17) is 18.1 Å². The molecular weight excluding hydrogens is 203 g/mol. The van der Waals surface area contributed by atoms with Crippen LogP contribution in [0.2, 0.25) is 0 Å². The SMILES string of the molecule is CCCc1cc[c]cc1.[Cl][Mg][Cl]. The number of aryl methyl sites for hydroxylation is 1. The van der Waals surface area contributed by atoms with Crippen LogP contribution in [0.1, 0.15) is 18.9 Å². The van der Waals surface area contributed by atoms with Gasteiger partial charge in [-0.15, -0.1) is 0 Å². The van der Waals surface area contributed by atoms with Crippen molar-refractivity contribution in [2.75, 3.05) is 0 Å². The summed E-state index contributed by atoms with van der Waals surface area (Å²) in [4.78, 5) is 0. The molecule has 0 heterocycles. The molecule has 0 unspecified atom stereocenters. The third kappa shape index (κ3) is 7.23. The first-order valence-electron chi connectivity index (χ1n) is 3.92. The van der Waals surface area contributed by atoms with Gasteiger partial charge in [-0.2, -0.15) is 0 Å². The van der Waals surface area contributed by atoms with Gasteiger partial charge in [-0.25, -0.2) is 0 Å². The molecule has 0 bridgehead atoms. The Bertz CT molecular complexity index is 177. The largest absolute Gasteiger partial charge is 0.618 e. The van der Waals surface area contributed by atoms with Gasteiger partial charge >= 0.3 is 18.2 Å². The van der Waals surface area contributed by atoms with Crippen molar-refractivity contribution in [3.05, 3.63) is 35.9 Å². The Kier molecular flexibility index (Phi) is 10.1. The molecule has 1 rings (SSSR count). The lowest BCUT2D eigenvalue weighted by Crippen LogP contribution is -1.79. The minimum Gasteiger partial charge on any atom is -0.309 e. The summed E-state index contributed by atoms with van der Waals surface area (Å²) >= 11 is -0.639. The first kappa shape index (κ1) is 12.6. The van der Waals surface area contributed by atoms with Crippen molar-refractivity contribution in [1.82, 2.24) is 0 Å². The summed E-state index contributed by atoms with van der Waals surface area (Å²) < 4.78 is 0. The topological polar surface area (TPSA) is 0 Å². The van der Waals surface area contributed by atoms with E-state index in [1.165, 1.54) is 18.4 Å². The first-order valence-corrected chi connectivity index (χ1v) is 8.19. The van der Waals surface area contributed by atoms with Crippen molar-refractivity contribution in [2.24, 2.45) is 0 Å². The van der Waals surface area contributed by atoms with Gasteiger partial charge in [0.05, 0.1) is 0 Å². The maximum atomic E-state index is 4.90. The second-order valence-electron chi connectivity index (χ2n) is 2.26. The zero-order valence-corrected chi connectivity index (χ0v) is 10.1. The van der Waals surface area contributed by atoms with E-state index in [1.54, 1.807) is 0 Å². The van der Waals surface area contributed by atoms with E-state index in [1.807, 2.05) is 12.1 Å². The van der Waals surface area contributed by atoms with E-state index in [-0.39, 0.29) is 0 Å². The standard InChI is InChI=1S/C9H11.2ClH.Mg/c1-2-6-9-7-4-3-5-8-9;;;/h4-5,7-8H,2,6H2,1H3;2*1H;/q;;;+2/p-2. The van der Waals surface area contributed by atoms with Crippen LogP contribution in [0.3, 0.4) is 0 Å². The van der Waals surface area contributed by atoms with Gasteiger partial charge in [-0.05, 0) is 18.1 Å². The van der Waals surface area contributed by atoms with Gasteiger partial charge in [0.1, 0.15) is 0 Å². The molecule has 63 valence electrons. The molecule has 0 saturated carbocycles. The number of benzene rings is 1. The Labute approximate surface area is 91.5 Å². The number of rotatable bonds is 2. The van der Waals surface area contributed by atoms with Crippen LogP contribution >= 0.6 is 18.1 Å². The average molecular weight is 214 g/mol. The monoisotopic (exact) mass is 213 g/mol. The quantitative estimate of drug-likeness (QED) is 0.662. The molecule has 0 N–H and O–H groups in total. The van der Waals surface area contributed by atoms with Gasteiger partial charge in [0.2, 0.25) is 0 Å². The van der Waals surface area contributed by atoms with Crippen molar-refractivity contribution >= 4 is 36.3 Å². The van der Waals surface area contributed by atoms with Crippen LogP contribution in [0.25, 0.3) is 0 Å². The van der Waals surface area contributed by atoms with Crippen molar-refractivity contribution in [1.29, 1.82) is 0 Å². The number of hydrogen-bond acceptors (Lipinski definition) is 0. The Morgan fingerprint density at radius 3 is 2.25 bits per heavy atom. The molecule has 3 heteroatoms. The van der Waals surface area contributed by atoms with E-state index < -0.39 is 18.2 Å². The summed E-state index contributed by atoms with van der Waals surface area (Å²) in [5, 5.41) is 0. The molecule has 0 aliphatic carbocycles. The third-order valence-electron chi connectivity index (χ3n) is 1.33. The molecule has 1 aromatic carbocycles. The maximum absolute atomic E-state index is 4.90. The van der Waals surface area contributed by atoms with Crippen LogP contribution in [0.15, 0.2) is 24.3 Å². The molecule has 0 aliphatic heterocycles. The lowest BCUT2D eigenvalue weighted by molar-refractivity contribution is 0.922. The fourth-order valence-electron chi connectivity index (χ4n) is 0.877. The van der Waals surface area contributed by atoms with Crippen molar-refractivity contribution in [3.8, 4) is 0 Å². The molecule has 0 amide bonds. The van der Waals surface area contributed by atoms with Crippen LogP contribution in [0, 0.1) is 6.07 Å². The molecule has 0 atom stereocenters. The summed E-state index contributed by atoms with van der Waals surface area (Å²) in [6, 6.07) is 11.1. The van der Waals surface area contributed by atoms with Crippen molar-refractivity contribution in [3.63, 3.8) is 0 Å². The highest BCUT2D eigenvalue weighted by molar-refractivity contribution is 7.22. The van der Waals surface area contributed by atoms with Crippen LogP contribution < -0.4 is 0 Å². The second kappa shape index (κ2) is 9.65. The highest BCUT2D eigenvalue weighted by Gasteiger charge is 1.84. The van der Waals surface area contributed by atoms with Crippen LogP contribution in [-0.2, 0) is 6.42 Å². The van der Waals surface area contributed by atoms with E-state index in [0.717, 1.165) is 0 Å². The van der Waals surface area contributed by atoms with E-state index in [0.29, 0.717) is 0 Å².